The summed E-state index contributed by atoms with van der Waals surface area (Å²) < 4.78 is 14.3. The van der Waals surface area contributed by atoms with E-state index < -0.39 is 0 Å². The number of aromatic nitrogens is 1. The SMILES string of the molecule is O=C(/C=C/c1cc(Br)ccc1F)Nc1nc(C2CC2)cs1. The quantitative estimate of drug-likeness (QED) is 0.805. The van der Waals surface area contributed by atoms with E-state index in [0.717, 1.165) is 10.2 Å². The summed E-state index contributed by atoms with van der Waals surface area (Å²) in [6.45, 7) is 0. The first-order chi connectivity index (χ1) is 10.1. The number of carbonyl (C=O) groups excluding carboxylic acids is 1. The smallest absolute Gasteiger partial charge is 0.250 e. The number of halogens is 2. The van der Waals surface area contributed by atoms with Crippen LogP contribution >= 0.6 is 27.3 Å². The van der Waals surface area contributed by atoms with Gasteiger partial charge in [-0.2, -0.15) is 0 Å². The fourth-order valence-electron chi connectivity index (χ4n) is 1.87. The summed E-state index contributed by atoms with van der Waals surface area (Å²) in [5.74, 6) is -0.114. The summed E-state index contributed by atoms with van der Waals surface area (Å²) >= 11 is 4.68. The van der Waals surface area contributed by atoms with Gasteiger partial charge in [0.2, 0.25) is 5.91 Å². The Hall–Kier alpha value is -1.53. The van der Waals surface area contributed by atoms with Crippen LogP contribution in [0.2, 0.25) is 0 Å². The van der Waals surface area contributed by atoms with E-state index in [1.165, 1.54) is 42.4 Å². The van der Waals surface area contributed by atoms with Crippen LogP contribution in [-0.4, -0.2) is 10.9 Å². The normalized spacial score (nSPS) is 14.6. The van der Waals surface area contributed by atoms with E-state index in [1.807, 2.05) is 5.38 Å². The molecule has 1 aromatic heterocycles. The molecular formula is C15H12BrFN2OS. The second-order valence-electron chi connectivity index (χ2n) is 4.84. The molecule has 0 saturated heterocycles. The zero-order valence-electron chi connectivity index (χ0n) is 11.0. The van der Waals surface area contributed by atoms with E-state index in [2.05, 4.69) is 26.2 Å². The van der Waals surface area contributed by atoms with Crippen molar-refractivity contribution in [3.63, 3.8) is 0 Å². The molecule has 6 heteroatoms. The highest BCUT2D eigenvalue weighted by Gasteiger charge is 2.26. The summed E-state index contributed by atoms with van der Waals surface area (Å²) in [6, 6.07) is 4.58. The molecule has 3 nitrogen and oxygen atoms in total. The molecule has 108 valence electrons. The standard InChI is InChI=1S/C15H12BrFN2OS/c16-11-4-5-12(17)10(7-11)3-6-14(20)19-15-18-13(8-21-15)9-1-2-9/h3-9H,1-2H2,(H,18,19,20)/b6-3+. The van der Waals surface area contributed by atoms with Gasteiger partial charge in [0.05, 0.1) is 5.69 Å². The maximum Gasteiger partial charge on any atom is 0.250 e. The monoisotopic (exact) mass is 366 g/mol. The summed E-state index contributed by atoms with van der Waals surface area (Å²) in [6.07, 6.45) is 5.12. The molecule has 0 spiro atoms. The molecule has 1 saturated carbocycles. The van der Waals surface area contributed by atoms with Crippen molar-refractivity contribution in [3.8, 4) is 0 Å². The lowest BCUT2D eigenvalue weighted by atomic mass is 10.2. The number of anilines is 1. The molecule has 0 bridgehead atoms. The minimum atomic E-state index is -0.368. The predicted octanol–water partition coefficient (Wildman–Crippen LogP) is 4.57. The third-order valence-electron chi connectivity index (χ3n) is 3.12. The number of benzene rings is 1. The topological polar surface area (TPSA) is 42.0 Å². The van der Waals surface area contributed by atoms with Crippen LogP contribution in [-0.2, 0) is 4.79 Å². The molecule has 0 unspecified atom stereocenters. The maximum atomic E-state index is 13.5. The number of thiazole rings is 1. The third kappa shape index (κ3) is 3.77. The van der Waals surface area contributed by atoms with Crippen LogP contribution in [0.4, 0.5) is 9.52 Å². The van der Waals surface area contributed by atoms with Crippen LogP contribution in [0.1, 0.15) is 30.0 Å². The number of nitrogens with zero attached hydrogens (tertiary/aromatic N) is 1. The molecule has 0 radical (unpaired) electrons. The Balaban J connectivity index is 1.64. The molecular weight excluding hydrogens is 355 g/mol. The van der Waals surface area contributed by atoms with Crippen molar-refractivity contribution < 1.29 is 9.18 Å². The molecule has 1 N–H and O–H groups in total. The van der Waals surface area contributed by atoms with Crippen molar-refractivity contribution in [1.29, 1.82) is 0 Å². The molecule has 3 rings (SSSR count). The molecule has 1 aliphatic carbocycles. The van der Waals surface area contributed by atoms with Crippen molar-refractivity contribution in [2.75, 3.05) is 5.32 Å². The largest absolute Gasteiger partial charge is 0.298 e. The Kier molecular flexibility index (Phi) is 4.17. The molecule has 0 atom stereocenters. The highest BCUT2D eigenvalue weighted by atomic mass is 79.9. The minimum absolute atomic E-state index is 0.314. The number of hydrogen-bond donors (Lipinski definition) is 1. The van der Waals surface area contributed by atoms with Crippen LogP contribution in [0, 0.1) is 5.82 Å². The van der Waals surface area contributed by atoms with Gasteiger partial charge in [-0.1, -0.05) is 15.9 Å². The molecule has 0 aliphatic heterocycles. The maximum absolute atomic E-state index is 13.5. The van der Waals surface area contributed by atoms with E-state index in [-0.39, 0.29) is 11.7 Å². The Bertz CT molecular complexity index is 709. The van der Waals surface area contributed by atoms with E-state index in [9.17, 15) is 9.18 Å². The summed E-state index contributed by atoms with van der Waals surface area (Å²) in [5.41, 5.74) is 1.41. The summed E-state index contributed by atoms with van der Waals surface area (Å²) in [4.78, 5) is 16.2. The van der Waals surface area contributed by atoms with Crippen LogP contribution in [0.15, 0.2) is 34.1 Å². The molecule has 1 heterocycles. The molecule has 1 fully saturated rings. The van der Waals surface area contributed by atoms with Gasteiger partial charge < -0.3 is 0 Å². The first kappa shape index (κ1) is 14.4. The van der Waals surface area contributed by atoms with E-state index in [0.29, 0.717) is 16.6 Å². The van der Waals surface area contributed by atoms with Crippen LogP contribution in [0.3, 0.4) is 0 Å². The van der Waals surface area contributed by atoms with Gasteiger partial charge in [0, 0.05) is 27.4 Å². The number of amides is 1. The van der Waals surface area contributed by atoms with Gasteiger partial charge in [0.15, 0.2) is 5.13 Å². The van der Waals surface area contributed by atoms with E-state index >= 15 is 0 Å². The third-order valence-corrected chi connectivity index (χ3v) is 4.39. The van der Waals surface area contributed by atoms with Crippen molar-refractivity contribution in [1.82, 2.24) is 4.98 Å². The van der Waals surface area contributed by atoms with Crippen LogP contribution in [0.5, 0.6) is 0 Å². The lowest BCUT2D eigenvalue weighted by Gasteiger charge is -1.98. The first-order valence-corrected chi connectivity index (χ1v) is 8.18. The molecule has 1 aliphatic rings. The molecule has 1 aromatic carbocycles. The number of rotatable bonds is 4. The fourth-order valence-corrected chi connectivity index (χ4v) is 3.04. The van der Waals surface area contributed by atoms with E-state index in [1.54, 1.807) is 12.1 Å². The first-order valence-electron chi connectivity index (χ1n) is 6.51. The zero-order chi connectivity index (χ0) is 14.8. The Labute approximate surface area is 134 Å². The van der Waals surface area contributed by atoms with Crippen molar-refractivity contribution in [2.45, 2.75) is 18.8 Å². The number of hydrogen-bond acceptors (Lipinski definition) is 3. The van der Waals surface area contributed by atoms with Crippen molar-refractivity contribution in [2.24, 2.45) is 0 Å². The predicted molar refractivity (Wildman–Crippen MR) is 85.9 cm³/mol. The van der Waals surface area contributed by atoms with Gasteiger partial charge in [0.1, 0.15) is 5.82 Å². The van der Waals surface area contributed by atoms with Crippen molar-refractivity contribution >= 4 is 44.4 Å². The highest BCUT2D eigenvalue weighted by molar-refractivity contribution is 9.10. The van der Waals surface area contributed by atoms with Gasteiger partial charge in [-0.3, -0.25) is 10.1 Å². The Morgan fingerprint density at radius 3 is 3.05 bits per heavy atom. The number of carbonyl (C=O) groups is 1. The fraction of sp³-hybridized carbons (Fsp3) is 0.200. The average Bonchev–Trinajstić information content (AvgIpc) is 3.21. The average molecular weight is 367 g/mol. The van der Waals surface area contributed by atoms with Gasteiger partial charge in [0.25, 0.3) is 0 Å². The van der Waals surface area contributed by atoms with Gasteiger partial charge in [-0.25, -0.2) is 9.37 Å². The Morgan fingerprint density at radius 1 is 1.48 bits per heavy atom. The second kappa shape index (κ2) is 6.07. The van der Waals surface area contributed by atoms with Gasteiger partial charge >= 0.3 is 0 Å². The van der Waals surface area contributed by atoms with Crippen molar-refractivity contribution in [3.05, 3.63) is 51.2 Å². The van der Waals surface area contributed by atoms with E-state index in [4.69, 9.17) is 0 Å². The van der Waals surface area contributed by atoms with Gasteiger partial charge in [-0.15, -0.1) is 11.3 Å². The number of nitrogens with one attached hydrogen (secondary N) is 1. The highest BCUT2D eigenvalue weighted by Crippen LogP contribution is 2.40. The Morgan fingerprint density at radius 2 is 2.29 bits per heavy atom. The molecule has 1 amide bonds. The molecule has 21 heavy (non-hydrogen) atoms. The summed E-state index contributed by atoms with van der Waals surface area (Å²) in [5, 5.41) is 5.26. The zero-order valence-corrected chi connectivity index (χ0v) is 13.4. The van der Waals surface area contributed by atoms with Crippen LogP contribution in [0.25, 0.3) is 6.08 Å². The summed E-state index contributed by atoms with van der Waals surface area (Å²) in [7, 11) is 0. The minimum Gasteiger partial charge on any atom is -0.298 e. The molecule has 2 aromatic rings. The lowest BCUT2D eigenvalue weighted by molar-refractivity contribution is -0.111. The second-order valence-corrected chi connectivity index (χ2v) is 6.61. The van der Waals surface area contributed by atoms with Gasteiger partial charge in [-0.05, 0) is 37.1 Å². The lowest BCUT2D eigenvalue weighted by Crippen LogP contribution is -2.07. The van der Waals surface area contributed by atoms with Crippen LogP contribution < -0.4 is 5.32 Å².